The minimum absolute atomic E-state index is 0.0264. The molecular formula is C17H19NO. The Bertz CT molecular complexity index is 579. The summed E-state index contributed by atoms with van der Waals surface area (Å²) in [4.78, 5) is 0. The van der Waals surface area contributed by atoms with E-state index in [4.69, 9.17) is 10.5 Å². The van der Waals surface area contributed by atoms with Crippen LogP contribution in [0, 0.1) is 0 Å². The van der Waals surface area contributed by atoms with Gasteiger partial charge in [0.15, 0.2) is 0 Å². The number of fused-ring (bicyclic) bond motifs is 1. The molecule has 0 saturated heterocycles. The largest absolute Gasteiger partial charge is 0.488 e. The van der Waals surface area contributed by atoms with E-state index >= 15 is 0 Å². The zero-order chi connectivity index (χ0) is 13.2. The molecule has 0 heterocycles. The van der Waals surface area contributed by atoms with Crippen molar-refractivity contribution in [1.82, 2.24) is 0 Å². The third kappa shape index (κ3) is 2.36. The van der Waals surface area contributed by atoms with Crippen LogP contribution in [0.3, 0.4) is 0 Å². The minimum Gasteiger partial charge on any atom is -0.488 e. The fourth-order valence-corrected chi connectivity index (χ4v) is 2.72. The average molecular weight is 253 g/mol. The molecule has 2 atom stereocenters. The summed E-state index contributed by atoms with van der Waals surface area (Å²) in [6, 6.07) is 16.6. The van der Waals surface area contributed by atoms with Crippen LogP contribution < -0.4 is 10.5 Å². The second kappa shape index (κ2) is 5.06. The Morgan fingerprint density at radius 1 is 1.16 bits per heavy atom. The molecule has 0 bridgehead atoms. The van der Waals surface area contributed by atoms with Gasteiger partial charge < -0.3 is 10.5 Å². The molecule has 2 aromatic carbocycles. The van der Waals surface area contributed by atoms with Gasteiger partial charge in [-0.25, -0.2) is 0 Å². The number of ether oxygens (including phenoxy) is 1. The standard InChI is InChI=1S/C17H19NO/c1-2-12-6-5-8-14(10-12)19-16-11-13-7-3-4-9-15(13)17(16)18/h3-10,16-17H,2,11,18H2,1H3. The summed E-state index contributed by atoms with van der Waals surface area (Å²) >= 11 is 0. The summed E-state index contributed by atoms with van der Waals surface area (Å²) in [5.74, 6) is 0.924. The summed E-state index contributed by atoms with van der Waals surface area (Å²) < 4.78 is 6.09. The molecule has 0 aromatic heterocycles. The van der Waals surface area contributed by atoms with Crippen molar-refractivity contribution in [1.29, 1.82) is 0 Å². The summed E-state index contributed by atoms with van der Waals surface area (Å²) in [7, 11) is 0. The van der Waals surface area contributed by atoms with Crippen molar-refractivity contribution in [2.24, 2.45) is 5.73 Å². The highest BCUT2D eigenvalue weighted by molar-refractivity contribution is 5.37. The molecule has 1 aliphatic rings. The highest BCUT2D eigenvalue weighted by atomic mass is 16.5. The third-order valence-electron chi connectivity index (χ3n) is 3.83. The summed E-state index contributed by atoms with van der Waals surface area (Å²) in [6.07, 6.45) is 1.96. The van der Waals surface area contributed by atoms with Gasteiger partial charge in [-0.1, -0.05) is 43.3 Å². The molecule has 0 aliphatic heterocycles. The molecule has 2 heteroatoms. The molecule has 19 heavy (non-hydrogen) atoms. The van der Waals surface area contributed by atoms with Gasteiger partial charge in [-0.2, -0.15) is 0 Å². The maximum atomic E-state index is 6.28. The van der Waals surface area contributed by atoms with Crippen molar-refractivity contribution in [3.8, 4) is 5.75 Å². The van der Waals surface area contributed by atoms with Crippen molar-refractivity contribution in [2.45, 2.75) is 31.9 Å². The van der Waals surface area contributed by atoms with Gasteiger partial charge in [0.25, 0.3) is 0 Å². The third-order valence-corrected chi connectivity index (χ3v) is 3.83. The van der Waals surface area contributed by atoms with Gasteiger partial charge in [-0.15, -0.1) is 0 Å². The molecule has 2 aromatic rings. The molecule has 1 aliphatic carbocycles. The molecule has 2 nitrogen and oxygen atoms in total. The van der Waals surface area contributed by atoms with Gasteiger partial charge >= 0.3 is 0 Å². The van der Waals surface area contributed by atoms with Gasteiger partial charge in [-0.05, 0) is 35.2 Å². The quantitative estimate of drug-likeness (QED) is 0.911. The predicted molar refractivity (Wildman–Crippen MR) is 77.3 cm³/mol. The zero-order valence-electron chi connectivity index (χ0n) is 11.2. The molecule has 0 spiro atoms. The van der Waals surface area contributed by atoms with Crippen LogP contribution in [0.25, 0.3) is 0 Å². The monoisotopic (exact) mass is 253 g/mol. The number of rotatable bonds is 3. The molecule has 0 fully saturated rings. The van der Waals surface area contributed by atoms with E-state index in [2.05, 4.69) is 37.3 Å². The van der Waals surface area contributed by atoms with Crippen LogP contribution in [0.4, 0.5) is 0 Å². The zero-order valence-corrected chi connectivity index (χ0v) is 11.2. The lowest BCUT2D eigenvalue weighted by atomic mass is 10.1. The highest BCUT2D eigenvalue weighted by Gasteiger charge is 2.30. The first-order valence-electron chi connectivity index (χ1n) is 6.87. The molecule has 0 saturated carbocycles. The first-order chi connectivity index (χ1) is 9.28. The van der Waals surface area contributed by atoms with E-state index in [1.165, 1.54) is 16.7 Å². The Morgan fingerprint density at radius 2 is 2.00 bits per heavy atom. The maximum Gasteiger partial charge on any atom is 0.122 e. The van der Waals surface area contributed by atoms with Crippen LogP contribution in [-0.2, 0) is 12.8 Å². The van der Waals surface area contributed by atoms with Gasteiger partial charge in [-0.3, -0.25) is 0 Å². The Kier molecular flexibility index (Phi) is 3.26. The SMILES string of the molecule is CCc1cccc(OC2Cc3ccccc3C2N)c1. The van der Waals surface area contributed by atoms with Crippen molar-refractivity contribution >= 4 is 0 Å². The van der Waals surface area contributed by atoms with Crippen LogP contribution in [0.5, 0.6) is 5.75 Å². The van der Waals surface area contributed by atoms with Crippen LogP contribution in [0.2, 0.25) is 0 Å². The predicted octanol–water partition coefficient (Wildman–Crippen LogP) is 3.25. The van der Waals surface area contributed by atoms with E-state index < -0.39 is 0 Å². The first kappa shape index (κ1) is 12.2. The van der Waals surface area contributed by atoms with Crippen LogP contribution in [0.15, 0.2) is 48.5 Å². The highest BCUT2D eigenvalue weighted by Crippen LogP contribution is 2.32. The van der Waals surface area contributed by atoms with Crippen molar-refractivity contribution in [2.75, 3.05) is 0 Å². The van der Waals surface area contributed by atoms with Gasteiger partial charge in [0.1, 0.15) is 11.9 Å². The fraction of sp³-hybridized carbons (Fsp3) is 0.294. The van der Waals surface area contributed by atoms with E-state index in [0.29, 0.717) is 0 Å². The topological polar surface area (TPSA) is 35.2 Å². The van der Waals surface area contributed by atoms with E-state index in [-0.39, 0.29) is 12.1 Å². The van der Waals surface area contributed by atoms with Crippen LogP contribution in [0.1, 0.15) is 29.7 Å². The lowest BCUT2D eigenvalue weighted by Gasteiger charge is -2.18. The summed E-state index contributed by atoms with van der Waals surface area (Å²) in [6.45, 7) is 2.15. The minimum atomic E-state index is -0.0264. The van der Waals surface area contributed by atoms with E-state index in [1.807, 2.05) is 18.2 Å². The first-order valence-corrected chi connectivity index (χ1v) is 6.87. The second-order valence-corrected chi connectivity index (χ2v) is 5.09. The number of benzene rings is 2. The van der Waals surface area contributed by atoms with E-state index in [1.54, 1.807) is 0 Å². The summed E-state index contributed by atoms with van der Waals surface area (Å²) in [5.41, 5.74) is 10.1. The number of hydrogen-bond acceptors (Lipinski definition) is 2. The lowest BCUT2D eigenvalue weighted by molar-refractivity contribution is 0.185. The lowest BCUT2D eigenvalue weighted by Crippen LogP contribution is -2.27. The fourth-order valence-electron chi connectivity index (χ4n) is 2.72. The molecule has 0 radical (unpaired) electrons. The Balaban J connectivity index is 1.79. The van der Waals surface area contributed by atoms with Gasteiger partial charge in [0.05, 0.1) is 6.04 Å². The van der Waals surface area contributed by atoms with Gasteiger partial charge in [0, 0.05) is 6.42 Å². The molecular weight excluding hydrogens is 234 g/mol. The molecule has 2 N–H and O–H groups in total. The van der Waals surface area contributed by atoms with Crippen LogP contribution >= 0.6 is 0 Å². The van der Waals surface area contributed by atoms with Crippen molar-refractivity contribution in [3.63, 3.8) is 0 Å². The number of hydrogen-bond donors (Lipinski definition) is 1. The molecule has 2 unspecified atom stereocenters. The second-order valence-electron chi connectivity index (χ2n) is 5.09. The normalized spacial score (nSPS) is 21.2. The van der Waals surface area contributed by atoms with Crippen molar-refractivity contribution in [3.05, 3.63) is 65.2 Å². The van der Waals surface area contributed by atoms with Crippen molar-refractivity contribution < 1.29 is 4.74 Å². The Labute approximate surface area is 114 Å². The molecule has 98 valence electrons. The van der Waals surface area contributed by atoms with Gasteiger partial charge in [0.2, 0.25) is 0 Å². The van der Waals surface area contributed by atoms with E-state index in [9.17, 15) is 0 Å². The molecule has 0 amide bonds. The summed E-state index contributed by atoms with van der Waals surface area (Å²) in [5, 5.41) is 0. The number of aryl methyl sites for hydroxylation is 1. The van der Waals surface area contributed by atoms with Crippen LogP contribution in [-0.4, -0.2) is 6.10 Å². The Hall–Kier alpha value is -1.80. The van der Waals surface area contributed by atoms with E-state index in [0.717, 1.165) is 18.6 Å². The molecule has 3 rings (SSSR count). The average Bonchev–Trinajstić information content (AvgIpc) is 2.76. The Morgan fingerprint density at radius 3 is 2.79 bits per heavy atom. The smallest absolute Gasteiger partial charge is 0.122 e. The maximum absolute atomic E-state index is 6.28. The number of nitrogens with two attached hydrogens (primary N) is 1.